The molecule has 1 aliphatic rings. The van der Waals surface area contributed by atoms with E-state index in [1.54, 1.807) is 0 Å². The van der Waals surface area contributed by atoms with Gasteiger partial charge in [0.15, 0.2) is 0 Å². The molecule has 0 saturated heterocycles. The quantitative estimate of drug-likeness (QED) is 0.716. The molecule has 2 rings (SSSR count). The summed E-state index contributed by atoms with van der Waals surface area (Å²) in [5.41, 5.74) is 14.0. The van der Waals surface area contributed by atoms with E-state index in [0.29, 0.717) is 17.4 Å². The fourth-order valence-corrected chi connectivity index (χ4v) is 3.02. The summed E-state index contributed by atoms with van der Waals surface area (Å²) in [6.45, 7) is 4.64. The lowest BCUT2D eigenvalue weighted by Crippen LogP contribution is -2.35. The first kappa shape index (κ1) is 13.1. The van der Waals surface area contributed by atoms with Crippen LogP contribution < -0.4 is 16.8 Å². The van der Waals surface area contributed by atoms with Crippen LogP contribution in [0.25, 0.3) is 0 Å². The van der Waals surface area contributed by atoms with Crippen molar-refractivity contribution in [3.8, 4) is 0 Å². The third-order valence-corrected chi connectivity index (χ3v) is 4.11. The molecule has 2 atom stereocenters. The summed E-state index contributed by atoms with van der Waals surface area (Å²) in [6.07, 6.45) is 5.28. The SMILES string of the molecule is CC(C)C1CCCCC1Nc1ccc(N)c(N)c1. The molecule has 1 fully saturated rings. The molecule has 1 saturated carbocycles. The zero-order chi connectivity index (χ0) is 13.1. The maximum Gasteiger partial charge on any atom is 0.0568 e. The molecule has 3 heteroatoms. The first-order chi connectivity index (χ1) is 8.58. The number of anilines is 3. The highest BCUT2D eigenvalue weighted by Gasteiger charge is 2.27. The van der Waals surface area contributed by atoms with E-state index in [4.69, 9.17) is 11.5 Å². The molecule has 0 heterocycles. The number of hydrogen-bond donors (Lipinski definition) is 3. The third-order valence-electron chi connectivity index (χ3n) is 4.11. The van der Waals surface area contributed by atoms with Crippen molar-refractivity contribution >= 4 is 17.1 Å². The summed E-state index contributed by atoms with van der Waals surface area (Å²) >= 11 is 0. The number of nitrogens with one attached hydrogen (secondary N) is 1. The van der Waals surface area contributed by atoms with Crippen LogP contribution in [0.3, 0.4) is 0 Å². The van der Waals surface area contributed by atoms with Gasteiger partial charge in [-0.2, -0.15) is 0 Å². The summed E-state index contributed by atoms with van der Waals surface area (Å²) in [6, 6.07) is 6.42. The molecule has 0 spiro atoms. The Balaban J connectivity index is 2.08. The molecule has 100 valence electrons. The van der Waals surface area contributed by atoms with Crippen LogP contribution >= 0.6 is 0 Å². The Bertz CT molecular complexity index is 401. The summed E-state index contributed by atoms with van der Waals surface area (Å²) in [5.74, 6) is 1.49. The lowest BCUT2D eigenvalue weighted by molar-refractivity contribution is 0.254. The lowest BCUT2D eigenvalue weighted by atomic mass is 9.78. The van der Waals surface area contributed by atoms with Gasteiger partial charge in [0.1, 0.15) is 0 Å². The average Bonchev–Trinajstić information content (AvgIpc) is 2.34. The molecule has 5 N–H and O–H groups in total. The average molecular weight is 247 g/mol. The van der Waals surface area contributed by atoms with Crippen LogP contribution in [0.5, 0.6) is 0 Å². The Morgan fingerprint density at radius 2 is 1.83 bits per heavy atom. The van der Waals surface area contributed by atoms with Crippen LogP contribution in [-0.2, 0) is 0 Å². The molecule has 3 nitrogen and oxygen atoms in total. The molecule has 1 aliphatic carbocycles. The van der Waals surface area contributed by atoms with Crippen molar-refractivity contribution in [3.63, 3.8) is 0 Å². The fraction of sp³-hybridized carbons (Fsp3) is 0.600. The number of hydrogen-bond acceptors (Lipinski definition) is 3. The van der Waals surface area contributed by atoms with E-state index < -0.39 is 0 Å². The minimum atomic E-state index is 0.571. The van der Waals surface area contributed by atoms with E-state index >= 15 is 0 Å². The molecular formula is C15H25N3. The summed E-state index contributed by atoms with van der Waals surface area (Å²) < 4.78 is 0. The number of rotatable bonds is 3. The van der Waals surface area contributed by atoms with Crippen molar-refractivity contribution in [1.29, 1.82) is 0 Å². The van der Waals surface area contributed by atoms with Gasteiger partial charge in [-0.3, -0.25) is 0 Å². The Kier molecular flexibility index (Phi) is 4.00. The Labute approximate surface area is 110 Å². The predicted molar refractivity (Wildman–Crippen MR) is 79.5 cm³/mol. The largest absolute Gasteiger partial charge is 0.397 e. The Hall–Kier alpha value is -1.38. The van der Waals surface area contributed by atoms with Crippen LogP contribution in [-0.4, -0.2) is 6.04 Å². The molecule has 0 aliphatic heterocycles. The van der Waals surface area contributed by atoms with Crippen molar-refractivity contribution < 1.29 is 0 Å². The second-order valence-electron chi connectivity index (χ2n) is 5.79. The standard InChI is InChI=1S/C15H25N3/c1-10(2)12-5-3-4-6-15(12)18-11-7-8-13(16)14(17)9-11/h7-10,12,15,18H,3-6,16-17H2,1-2H3. The number of nitrogen functional groups attached to an aromatic ring is 2. The number of nitrogens with two attached hydrogens (primary N) is 2. The first-order valence-electron chi connectivity index (χ1n) is 6.99. The summed E-state index contributed by atoms with van der Waals surface area (Å²) in [4.78, 5) is 0. The minimum absolute atomic E-state index is 0.571. The van der Waals surface area contributed by atoms with Gasteiger partial charge in [-0.05, 0) is 42.9 Å². The van der Waals surface area contributed by atoms with Crippen LogP contribution in [0.1, 0.15) is 39.5 Å². The van der Waals surface area contributed by atoms with Crippen molar-refractivity contribution in [2.45, 2.75) is 45.6 Å². The monoisotopic (exact) mass is 247 g/mol. The van der Waals surface area contributed by atoms with E-state index in [0.717, 1.165) is 17.5 Å². The Morgan fingerprint density at radius 1 is 1.11 bits per heavy atom. The van der Waals surface area contributed by atoms with Crippen LogP contribution in [0, 0.1) is 11.8 Å². The van der Waals surface area contributed by atoms with E-state index in [2.05, 4.69) is 19.2 Å². The van der Waals surface area contributed by atoms with Gasteiger partial charge < -0.3 is 16.8 Å². The highest BCUT2D eigenvalue weighted by Crippen LogP contribution is 2.33. The van der Waals surface area contributed by atoms with E-state index in [1.165, 1.54) is 25.7 Å². The van der Waals surface area contributed by atoms with Crippen LogP contribution in [0.15, 0.2) is 18.2 Å². The smallest absolute Gasteiger partial charge is 0.0568 e. The Morgan fingerprint density at radius 3 is 2.50 bits per heavy atom. The molecule has 1 aromatic rings. The van der Waals surface area contributed by atoms with Crippen molar-refractivity contribution in [1.82, 2.24) is 0 Å². The molecule has 1 aromatic carbocycles. The van der Waals surface area contributed by atoms with Crippen molar-refractivity contribution in [2.75, 3.05) is 16.8 Å². The first-order valence-corrected chi connectivity index (χ1v) is 6.99. The van der Waals surface area contributed by atoms with Crippen molar-refractivity contribution in [3.05, 3.63) is 18.2 Å². The van der Waals surface area contributed by atoms with Gasteiger partial charge in [0.25, 0.3) is 0 Å². The second kappa shape index (κ2) is 5.51. The predicted octanol–water partition coefficient (Wildman–Crippen LogP) is 3.48. The lowest BCUT2D eigenvalue weighted by Gasteiger charge is -2.35. The van der Waals surface area contributed by atoms with Gasteiger partial charge in [-0.1, -0.05) is 26.7 Å². The van der Waals surface area contributed by atoms with Gasteiger partial charge in [-0.25, -0.2) is 0 Å². The maximum absolute atomic E-state index is 5.86. The highest BCUT2D eigenvalue weighted by atomic mass is 14.9. The van der Waals surface area contributed by atoms with E-state index in [1.807, 2.05) is 18.2 Å². The highest BCUT2D eigenvalue weighted by molar-refractivity contribution is 5.69. The molecule has 0 radical (unpaired) electrons. The van der Waals surface area contributed by atoms with Crippen LogP contribution in [0.4, 0.5) is 17.1 Å². The molecule has 18 heavy (non-hydrogen) atoms. The fourth-order valence-electron chi connectivity index (χ4n) is 3.02. The molecular weight excluding hydrogens is 222 g/mol. The van der Waals surface area contributed by atoms with Gasteiger partial charge in [0.05, 0.1) is 11.4 Å². The van der Waals surface area contributed by atoms with Crippen molar-refractivity contribution in [2.24, 2.45) is 11.8 Å². The summed E-state index contributed by atoms with van der Waals surface area (Å²) in [7, 11) is 0. The third kappa shape index (κ3) is 2.89. The normalized spacial score (nSPS) is 24.2. The molecule has 0 aromatic heterocycles. The second-order valence-corrected chi connectivity index (χ2v) is 5.79. The molecule has 0 bridgehead atoms. The minimum Gasteiger partial charge on any atom is -0.397 e. The summed E-state index contributed by atoms with van der Waals surface area (Å²) in [5, 5.41) is 3.64. The van der Waals surface area contributed by atoms with Gasteiger partial charge in [0, 0.05) is 11.7 Å². The van der Waals surface area contributed by atoms with Gasteiger partial charge in [0.2, 0.25) is 0 Å². The molecule has 2 unspecified atom stereocenters. The topological polar surface area (TPSA) is 64.1 Å². The van der Waals surface area contributed by atoms with Gasteiger partial charge in [-0.15, -0.1) is 0 Å². The van der Waals surface area contributed by atoms with Gasteiger partial charge >= 0.3 is 0 Å². The number of benzene rings is 1. The maximum atomic E-state index is 5.86. The van der Waals surface area contributed by atoms with E-state index in [-0.39, 0.29) is 0 Å². The van der Waals surface area contributed by atoms with E-state index in [9.17, 15) is 0 Å². The zero-order valence-corrected chi connectivity index (χ0v) is 11.4. The van der Waals surface area contributed by atoms with Crippen LogP contribution in [0.2, 0.25) is 0 Å². The zero-order valence-electron chi connectivity index (χ0n) is 11.4. The molecule has 0 amide bonds.